The van der Waals surface area contributed by atoms with Gasteiger partial charge in [0.1, 0.15) is 5.76 Å². The summed E-state index contributed by atoms with van der Waals surface area (Å²) in [6.45, 7) is 0. The standard InChI is InChI=1S/C13H11NO3/c15-13(16)11-7-12(17-14-11)10-6-5-8-3-1-2-4-9(8)10/h1-4,7,10H,5-6H2,(H,15,16). The Hall–Kier alpha value is -2.10. The number of hydrogen-bond donors (Lipinski definition) is 1. The maximum atomic E-state index is 10.8. The van der Waals surface area contributed by atoms with Gasteiger partial charge in [0, 0.05) is 12.0 Å². The summed E-state index contributed by atoms with van der Waals surface area (Å²) in [4.78, 5) is 10.8. The summed E-state index contributed by atoms with van der Waals surface area (Å²) in [6.07, 6.45) is 1.96. The van der Waals surface area contributed by atoms with E-state index in [-0.39, 0.29) is 11.6 Å². The monoisotopic (exact) mass is 229 g/mol. The molecule has 4 nitrogen and oxygen atoms in total. The molecule has 0 saturated heterocycles. The second-order valence-electron chi connectivity index (χ2n) is 4.21. The van der Waals surface area contributed by atoms with Crippen LogP contribution in [0.4, 0.5) is 0 Å². The predicted octanol–water partition coefficient (Wildman–Crippen LogP) is 2.45. The number of aromatic carboxylic acids is 1. The quantitative estimate of drug-likeness (QED) is 0.859. The van der Waals surface area contributed by atoms with Crippen LogP contribution < -0.4 is 0 Å². The largest absolute Gasteiger partial charge is 0.476 e. The van der Waals surface area contributed by atoms with Crippen LogP contribution in [0.25, 0.3) is 0 Å². The molecule has 0 amide bonds. The van der Waals surface area contributed by atoms with Gasteiger partial charge in [-0.1, -0.05) is 29.4 Å². The van der Waals surface area contributed by atoms with E-state index >= 15 is 0 Å². The van der Waals surface area contributed by atoms with Crippen LogP contribution in [0.5, 0.6) is 0 Å². The number of carbonyl (C=O) groups is 1. The average molecular weight is 229 g/mol. The molecule has 1 atom stereocenters. The normalized spacial score (nSPS) is 18.0. The van der Waals surface area contributed by atoms with Gasteiger partial charge < -0.3 is 9.63 Å². The molecule has 17 heavy (non-hydrogen) atoms. The molecule has 0 radical (unpaired) electrons. The number of aromatic nitrogens is 1. The number of nitrogens with zero attached hydrogens (tertiary/aromatic N) is 1. The number of rotatable bonds is 2. The fourth-order valence-corrected chi connectivity index (χ4v) is 2.41. The summed E-state index contributed by atoms with van der Waals surface area (Å²) in [7, 11) is 0. The summed E-state index contributed by atoms with van der Waals surface area (Å²) in [5.74, 6) is -0.259. The van der Waals surface area contributed by atoms with Crippen molar-refractivity contribution < 1.29 is 14.4 Å². The van der Waals surface area contributed by atoms with Crippen molar-refractivity contribution >= 4 is 5.97 Å². The van der Waals surface area contributed by atoms with Crippen molar-refractivity contribution in [2.75, 3.05) is 0 Å². The minimum atomic E-state index is -1.05. The topological polar surface area (TPSA) is 63.3 Å². The highest BCUT2D eigenvalue weighted by Crippen LogP contribution is 2.37. The number of carboxylic acids is 1. The molecule has 1 aromatic heterocycles. The zero-order chi connectivity index (χ0) is 11.8. The molecule has 0 saturated carbocycles. The Bertz CT molecular complexity index is 574. The van der Waals surface area contributed by atoms with Crippen LogP contribution in [0.1, 0.15) is 39.7 Å². The molecule has 0 fully saturated rings. The fourth-order valence-electron chi connectivity index (χ4n) is 2.41. The first kappa shape index (κ1) is 10.1. The zero-order valence-corrected chi connectivity index (χ0v) is 9.09. The molecule has 0 bridgehead atoms. The lowest BCUT2D eigenvalue weighted by Crippen LogP contribution is -1.96. The summed E-state index contributed by atoms with van der Waals surface area (Å²) < 4.78 is 5.14. The molecule has 1 aliphatic rings. The molecule has 2 aromatic rings. The van der Waals surface area contributed by atoms with Gasteiger partial charge >= 0.3 is 5.97 Å². The Balaban J connectivity index is 1.98. The van der Waals surface area contributed by atoms with Gasteiger partial charge in [0.25, 0.3) is 0 Å². The molecular weight excluding hydrogens is 218 g/mol. The first-order valence-corrected chi connectivity index (χ1v) is 5.53. The molecule has 1 heterocycles. The van der Waals surface area contributed by atoms with Crippen molar-refractivity contribution in [3.63, 3.8) is 0 Å². The van der Waals surface area contributed by atoms with E-state index in [1.165, 1.54) is 17.2 Å². The minimum absolute atomic E-state index is 0.0237. The number of aryl methyl sites for hydroxylation is 1. The van der Waals surface area contributed by atoms with Gasteiger partial charge in [-0.15, -0.1) is 0 Å². The van der Waals surface area contributed by atoms with Crippen molar-refractivity contribution in [2.45, 2.75) is 18.8 Å². The van der Waals surface area contributed by atoms with E-state index in [0.29, 0.717) is 5.76 Å². The summed E-state index contributed by atoms with van der Waals surface area (Å²) in [5.41, 5.74) is 2.51. The lowest BCUT2D eigenvalue weighted by atomic mass is 9.98. The van der Waals surface area contributed by atoms with Crippen LogP contribution in [0.2, 0.25) is 0 Å². The van der Waals surface area contributed by atoms with Crippen LogP contribution in [-0.2, 0) is 6.42 Å². The lowest BCUT2D eigenvalue weighted by Gasteiger charge is -2.06. The van der Waals surface area contributed by atoms with Crippen LogP contribution in [-0.4, -0.2) is 16.2 Å². The SMILES string of the molecule is O=C(O)c1cc(C2CCc3ccccc32)on1. The van der Waals surface area contributed by atoms with E-state index in [1.54, 1.807) is 0 Å². The second-order valence-corrected chi connectivity index (χ2v) is 4.21. The molecule has 1 unspecified atom stereocenters. The van der Waals surface area contributed by atoms with E-state index in [9.17, 15) is 4.79 Å². The van der Waals surface area contributed by atoms with Crippen molar-refractivity contribution in [3.05, 3.63) is 52.9 Å². The van der Waals surface area contributed by atoms with E-state index < -0.39 is 5.97 Å². The first-order valence-electron chi connectivity index (χ1n) is 5.53. The van der Waals surface area contributed by atoms with Gasteiger partial charge in [0.2, 0.25) is 0 Å². The molecule has 3 rings (SSSR count). The van der Waals surface area contributed by atoms with Crippen molar-refractivity contribution in [1.29, 1.82) is 0 Å². The van der Waals surface area contributed by atoms with Crippen molar-refractivity contribution in [3.8, 4) is 0 Å². The molecule has 0 spiro atoms. The summed E-state index contributed by atoms with van der Waals surface area (Å²) in [5, 5.41) is 12.4. The van der Waals surface area contributed by atoms with Crippen LogP contribution in [0.3, 0.4) is 0 Å². The van der Waals surface area contributed by atoms with E-state index in [1.807, 2.05) is 12.1 Å². The maximum Gasteiger partial charge on any atom is 0.358 e. The predicted molar refractivity (Wildman–Crippen MR) is 60.1 cm³/mol. The van der Waals surface area contributed by atoms with Gasteiger partial charge in [0.15, 0.2) is 5.69 Å². The number of fused-ring (bicyclic) bond motifs is 1. The van der Waals surface area contributed by atoms with Gasteiger partial charge in [0.05, 0.1) is 0 Å². The Labute approximate surface area is 97.9 Å². The second kappa shape index (κ2) is 3.73. The average Bonchev–Trinajstić information content (AvgIpc) is 2.95. The number of hydrogen-bond acceptors (Lipinski definition) is 3. The number of carboxylic acid groups (broad SMARTS) is 1. The highest BCUT2D eigenvalue weighted by molar-refractivity contribution is 5.85. The Kier molecular flexibility index (Phi) is 2.21. The van der Waals surface area contributed by atoms with Gasteiger partial charge in [-0.2, -0.15) is 0 Å². The Morgan fingerprint density at radius 1 is 1.41 bits per heavy atom. The third-order valence-corrected chi connectivity index (χ3v) is 3.22. The molecule has 1 aromatic carbocycles. The highest BCUT2D eigenvalue weighted by atomic mass is 16.5. The van der Waals surface area contributed by atoms with Crippen molar-refractivity contribution in [2.24, 2.45) is 0 Å². The smallest absolute Gasteiger partial charge is 0.358 e. The molecule has 1 N–H and O–H groups in total. The van der Waals surface area contributed by atoms with Crippen LogP contribution in [0, 0.1) is 0 Å². The van der Waals surface area contributed by atoms with Crippen molar-refractivity contribution in [1.82, 2.24) is 5.16 Å². The maximum absolute atomic E-state index is 10.8. The third kappa shape index (κ3) is 1.62. The third-order valence-electron chi connectivity index (χ3n) is 3.22. The Morgan fingerprint density at radius 2 is 2.24 bits per heavy atom. The van der Waals surface area contributed by atoms with Gasteiger partial charge in [-0.3, -0.25) is 0 Å². The van der Waals surface area contributed by atoms with Gasteiger partial charge in [-0.25, -0.2) is 4.79 Å². The minimum Gasteiger partial charge on any atom is -0.476 e. The molecule has 4 heteroatoms. The van der Waals surface area contributed by atoms with E-state index in [2.05, 4.69) is 17.3 Å². The van der Waals surface area contributed by atoms with Crippen LogP contribution >= 0.6 is 0 Å². The zero-order valence-electron chi connectivity index (χ0n) is 9.09. The van der Waals surface area contributed by atoms with Crippen LogP contribution in [0.15, 0.2) is 34.9 Å². The lowest BCUT2D eigenvalue weighted by molar-refractivity contribution is 0.0685. The van der Waals surface area contributed by atoms with E-state index in [0.717, 1.165) is 12.8 Å². The fraction of sp³-hybridized carbons (Fsp3) is 0.231. The summed E-state index contributed by atoms with van der Waals surface area (Å²) in [6, 6.07) is 9.70. The molecule has 1 aliphatic carbocycles. The first-order chi connectivity index (χ1) is 8.25. The number of benzene rings is 1. The summed E-state index contributed by atoms with van der Waals surface area (Å²) >= 11 is 0. The van der Waals surface area contributed by atoms with Gasteiger partial charge in [-0.05, 0) is 24.0 Å². The molecule has 0 aliphatic heterocycles. The van der Waals surface area contributed by atoms with E-state index in [4.69, 9.17) is 9.63 Å². The highest BCUT2D eigenvalue weighted by Gasteiger charge is 2.27. The molecule has 86 valence electrons. The Morgan fingerprint density at radius 3 is 3.00 bits per heavy atom. The molecular formula is C13H11NO3.